The fourth-order valence-corrected chi connectivity index (χ4v) is 3.37. The molecule has 0 saturated carbocycles. The molecule has 0 aliphatic carbocycles. The highest BCUT2D eigenvalue weighted by Gasteiger charge is 2.28. The van der Waals surface area contributed by atoms with Gasteiger partial charge in [0.15, 0.2) is 5.78 Å². The van der Waals surface area contributed by atoms with Gasteiger partial charge in [0, 0.05) is 36.1 Å². The highest BCUT2D eigenvalue weighted by Crippen LogP contribution is 2.27. The van der Waals surface area contributed by atoms with Gasteiger partial charge in [-0.25, -0.2) is 0 Å². The van der Waals surface area contributed by atoms with E-state index in [9.17, 15) is 4.79 Å². The van der Waals surface area contributed by atoms with Crippen molar-refractivity contribution in [2.45, 2.75) is 39.7 Å². The minimum Gasteiger partial charge on any atom is -0.300 e. The molecule has 20 heavy (non-hydrogen) atoms. The lowest BCUT2D eigenvalue weighted by atomic mass is 9.86. The van der Waals surface area contributed by atoms with E-state index in [4.69, 9.17) is 11.6 Å². The fraction of sp³-hybridized carbons (Fsp3) is 0.588. The molecule has 3 unspecified atom stereocenters. The Hall–Kier alpha value is -0.860. The zero-order chi connectivity index (χ0) is 14.7. The molecular weight excluding hydrogens is 270 g/mol. The minimum atomic E-state index is 0.186. The van der Waals surface area contributed by atoms with Gasteiger partial charge in [0.2, 0.25) is 0 Å². The van der Waals surface area contributed by atoms with Crippen LogP contribution in [-0.2, 0) is 0 Å². The summed E-state index contributed by atoms with van der Waals surface area (Å²) in [5.74, 6) is 1.62. The Bertz CT molecular complexity index is 474. The Kier molecular flexibility index (Phi) is 5.22. The van der Waals surface area contributed by atoms with Gasteiger partial charge in [-0.05, 0) is 37.3 Å². The van der Waals surface area contributed by atoms with Crippen LogP contribution in [0.5, 0.6) is 0 Å². The summed E-state index contributed by atoms with van der Waals surface area (Å²) in [7, 11) is 0. The standard InChI is InChI=1S/C17H24ClNO/c1-12-9-13(2)14(3)19(11-12)8-7-17(20)15-5-4-6-16(18)10-15/h4-6,10,12-14H,7-9,11H2,1-3H3. The van der Waals surface area contributed by atoms with Crippen LogP contribution in [0.25, 0.3) is 0 Å². The molecule has 1 saturated heterocycles. The van der Waals surface area contributed by atoms with Gasteiger partial charge in [-0.1, -0.05) is 37.6 Å². The summed E-state index contributed by atoms with van der Waals surface area (Å²) in [5.41, 5.74) is 0.725. The van der Waals surface area contributed by atoms with Crippen molar-refractivity contribution in [1.82, 2.24) is 4.90 Å². The molecule has 1 aliphatic rings. The summed E-state index contributed by atoms with van der Waals surface area (Å²) >= 11 is 5.94. The molecule has 0 amide bonds. The van der Waals surface area contributed by atoms with Gasteiger partial charge in [0.25, 0.3) is 0 Å². The van der Waals surface area contributed by atoms with Crippen LogP contribution in [0.15, 0.2) is 24.3 Å². The molecule has 1 aromatic carbocycles. The average molecular weight is 294 g/mol. The number of likely N-dealkylation sites (tertiary alicyclic amines) is 1. The van der Waals surface area contributed by atoms with E-state index in [-0.39, 0.29) is 5.78 Å². The van der Waals surface area contributed by atoms with E-state index in [1.807, 2.05) is 12.1 Å². The van der Waals surface area contributed by atoms with Crippen LogP contribution in [0.2, 0.25) is 5.02 Å². The van der Waals surface area contributed by atoms with Crippen LogP contribution in [0, 0.1) is 11.8 Å². The van der Waals surface area contributed by atoms with Gasteiger partial charge in [-0.15, -0.1) is 0 Å². The fourth-order valence-electron chi connectivity index (χ4n) is 3.18. The third kappa shape index (κ3) is 3.83. The molecule has 0 radical (unpaired) electrons. The van der Waals surface area contributed by atoms with Crippen molar-refractivity contribution in [2.24, 2.45) is 11.8 Å². The van der Waals surface area contributed by atoms with Crippen molar-refractivity contribution in [2.75, 3.05) is 13.1 Å². The molecular formula is C17H24ClNO. The Morgan fingerprint density at radius 1 is 1.35 bits per heavy atom. The minimum absolute atomic E-state index is 0.186. The number of Topliss-reactive ketones (excluding diaryl/α,β-unsaturated/α-hetero) is 1. The number of rotatable bonds is 4. The first kappa shape index (κ1) is 15.5. The van der Waals surface area contributed by atoms with Crippen molar-refractivity contribution in [3.63, 3.8) is 0 Å². The maximum Gasteiger partial charge on any atom is 0.164 e. The van der Waals surface area contributed by atoms with E-state index < -0.39 is 0 Å². The van der Waals surface area contributed by atoms with E-state index in [2.05, 4.69) is 25.7 Å². The lowest BCUT2D eigenvalue weighted by molar-refractivity contribution is 0.0721. The summed E-state index contributed by atoms with van der Waals surface area (Å²) in [5, 5.41) is 0.629. The predicted octanol–water partition coefficient (Wildman–Crippen LogP) is 4.28. The Morgan fingerprint density at radius 2 is 2.10 bits per heavy atom. The van der Waals surface area contributed by atoms with Crippen LogP contribution in [0.3, 0.4) is 0 Å². The van der Waals surface area contributed by atoms with Crippen molar-refractivity contribution in [3.05, 3.63) is 34.9 Å². The quantitative estimate of drug-likeness (QED) is 0.772. The largest absolute Gasteiger partial charge is 0.300 e. The van der Waals surface area contributed by atoms with Crippen LogP contribution in [0.4, 0.5) is 0 Å². The first-order valence-electron chi connectivity index (χ1n) is 7.50. The number of benzene rings is 1. The summed E-state index contributed by atoms with van der Waals surface area (Å²) in [6.07, 6.45) is 1.87. The van der Waals surface area contributed by atoms with Gasteiger partial charge in [0.05, 0.1) is 0 Å². The van der Waals surface area contributed by atoms with E-state index in [1.54, 1.807) is 12.1 Å². The Balaban J connectivity index is 1.92. The molecule has 0 spiro atoms. The van der Waals surface area contributed by atoms with Gasteiger partial charge in [-0.2, -0.15) is 0 Å². The van der Waals surface area contributed by atoms with Crippen LogP contribution < -0.4 is 0 Å². The number of hydrogen-bond acceptors (Lipinski definition) is 2. The molecule has 1 aliphatic heterocycles. The summed E-state index contributed by atoms with van der Waals surface area (Å²) < 4.78 is 0. The molecule has 2 rings (SSSR count). The third-order valence-corrected chi connectivity index (χ3v) is 4.73. The molecule has 0 aromatic heterocycles. The van der Waals surface area contributed by atoms with Crippen molar-refractivity contribution >= 4 is 17.4 Å². The smallest absolute Gasteiger partial charge is 0.164 e. The number of piperidine rings is 1. The number of hydrogen-bond donors (Lipinski definition) is 0. The monoisotopic (exact) mass is 293 g/mol. The lowest BCUT2D eigenvalue weighted by Crippen LogP contribution is -2.46. The Labute approximate surface area is 127 Å². The summed E-state index contributed by atoms with van der Waals surface area (Å²) in [4.78, 5) is 14.7. The predicted molar refractivity (Wildman–Crippen MR) is 84.4 cm³/mol. The maximum absolute atomic E-state index is 12.2. The highest BCUT2D eigenvalue weighted by atomic mass is 35.5. The number of carbonyl (C=O) groups excluding carboxylic acids is 1. The van der Waals surface area contributed by atoms with Gasteiger partial charge in [-0.3, -0.25) is 9.69 Å². The van der Waals surface area contributed by atoms with E-state index >= 15 is 0 Å². The zero-order valence-corrected chi connectivity index (χ0v) is 13.4. The summed E-state index contributed by atoms with van der Waals surface area (Å²) in [6, 6.07) is 7.81. The molecule has 3 atom stereocenters. The zero-order valence-electron chi connectivity index (χ0n) is 12.6. The van der Waals surface area contributed by atoms with Crippen LogP contribution in [-0.4, -0.2) is 29.8 Å². The Morgan fingerprint density at radius 3 is 2.80 bits per heavy atom. The highest BCUT2D eigenvalue weighted by molar-refractivity contribution is 6.31. The van der Waals surface area contributed by atoms with E-state index in [0.29, 0.717) is 23.4 Å². The van der Waals surface area contributed by atoms with Crippen molar-refractivity contribution < 1.29 is 4.79 Å². The first-order valence-corrected chi connectivity index (χ1v) is 7.88. The normalized spacial score (nSPS) is 27.5. The second-order valence-electron chi connectivity index (χ2n) is 6.24. The van der Waals surface area contributed by atoms with Gasteiger partial charge < -0.3 is 0 Å². The molecule has 2 nitrogen and oxygen atoms in total. The number of halogens is 1. The number of nitrogens with zero attached hydrogens (tertiary/aromatic N) is 1. The maximum atomic E-state index is 12.2. The molecule has 3 heteroatoms. The third-order valence-electron chi connectivity index (χ3n) is 4.49. The van der Waals surface area contributed by atoms with Gasteiger partial charge >= 0.3 is 0 Å². The van der Waals surface area contributed by atoms with E-state index in [1.165, 1.54) is 6.42 Å². The topological polar surface area (TPSA) is 20.3 Å². The molecule has 0 bridgehead atoms. The lowest BCUT2D eigenvalue weighted by Gasteiger charge is -2.41. The molecule has 1 heterocycles. The average Bonchev–Trinajstić information content (AvgIpc) is 2.40. The molecule has 0 N–H and O–H groups in total. The van der Waals surface area contributed by atoms with Gasteiger partial charge in [0.1, 0.15) is 0 Å². The number of ketones is 1. The van der Waals surface area contributed by atoms with Crippen LogP contribution >= 0.6 is 11.6 Å². The van der Waals surface area contributed by atoms with Crippen molar-refractivity contribution in [1.29, 1.82) is 0 Å². The van der Waals surface area contributed by atoms with E-state index in [0.717, 1.165) is 24.6 Å². The van der Waals surface area contributed by atoms with Crippen LogP contribution in [0.1, 0.15) is 44.0 Å². The molecule has 1 aromatic rings. The SMILES string of the molecule is CC1CC(C)C(C)N(CCC(=O)c2cccc(Cl)c2)C1. The second kappa shape index (κ2) is 6.73. The first-order chi connectivity index (χ1) is 9.47. The van der Waals surface area contributed by atoms with Crippen molar-refractivity contribution in [3.8, 4) is 0 Å². The molecule has 110 valence electrons. The second-order valence-corrected chi connectivity index (χ2v) is 6.67. The number of carbonyl (C=O) groups is 1. The summed E-state index contributed by atoms with van der Waals surface area (Å²) in [6.45, 7) is 8.84. The molecule has 1 fully saturated rings.